The Kier molecular flexibility index (Phi) is 3.85. The molecule has 0 saturated carbocycles. The monoisotopic (exact) mass is 328 g/mol. The molecule has 0 saturated heterocycles. The maximum atomic E-state index is 12.7. The van der Waals surface area contributed by atoms with Gasteiger partial charge < -0.3 is 4.57 Å². The van der Waals surface area contributed by atoms with E-state index in [1.54, 1.807) is 31.0 Å². The quantitative estimate of drug-likeness (QED) is 0.750. The van der Waals surface area contributed by atoms with Crippen molar-refractivity contribution in [2.24, 2.45) is 14.1 Å². The fourth-order valence-corrected chi connectivity index (χ4v) is 3.76. The Morgan fingerprint density at radius 2 is 1.83 bits per heavy atom. The second kappa shape index (κ2) is 5.70. The second-order valence-corrected chi connectivity index (χ2v) is 6.91. The predicted molar refractivity (Wildman–Crippen MR) is 91.0 cm³/mol. The van der Waals surface area contributed by atoms with Crippen LogP contribution in [-0.2, 0) is 14.1 Å². The van der Waals surface area contributed by atoms with Crippen molar-refractivity contribution in [2.75, 3.05) is 0 Å². The van der Waals surface area contributed by atoms with Gasteiger partial charge in [0.15, 0.2) is 5.78 Å². The van der Waals surface area contributed by atoms with Gasteiger partial charge in [0.05, 0.1) is 5.56 Å². The number of aryl methyl sites for hydroxylation is 1. The minimum atomic E-state index is -0.399. The molecule has 5 nitrogen and oxygen atoms in total. The first kappa shape index (κ1) is 15.6. The Bertz CT molecular complexity index is 953. The van der Waals surface area contributed by atoms with E-state index in [4.69, 9.17) is 0 Å². The summed E-state index contributed by atoms with van der Waals surface area (Å²) in [4.78, 5) is 37.7. The third-order valence-electron chi connectivity index (χ3n) is 3.92. The molecule has 0 amide bonds. The highest BCUT2D eigenvalue weighted by molar-refractivity contribution is 8.00. The maximum Gasteiger partial charge on any atom is 0.330 e. The van der Waals surface area contributed by atoms with Crippen LogP contribution in [0.3, 0.4) is 0 Å². The van der Waals surface area contributed by atoms with Crippen LogP contribution in [-0.4, -0.2) is 20.2 Å². The fourth-order valence-electron chi connectivity index (χ4n) is 2.64. The lowest BCUT2D eigenvalue weighted by Gasteiger charge is -2.23. The third-order valence-corrected chi connectivity index (χ3v) is 5.14. The summed E-state index contributed by atoms with van der Waals surface area (Å²) in [5.41, 5.74) is 0.780. The van der Waals surface area contributed by atoms with E-state index in [9.17, 15) is 14.4 Å². The smallest absolute Gasteiger partial charge is 0.303 e. The minimum absolute atomic E-state index is 0.0562. The van der Waals surface area contributed by atoms with Crippen LogP contribution >= 0.6 is 11.8 Å². The van der Waals surface area contributed by atoms with Crippen molar-refractivity contribution in [3.8, 4) is 0 Å². The van der Waals surface area contributed by atoms with E-state index >= 15 is 0 Å². The number of Topliss-reactive ketones (excluding diaryl/α,β-unsaturated/α-hetero) is 1. The van der Waals surface area contributed by atoms with Crippen LogP contribution < -0.4 is 11.2 Å². The number of thioether (sulfide) groups is 1. The van der Waals surface area contributed by atoms with E-state index in [-0.39, 0.29) is 16.7 Å². The molecule has 6 heteroatoms. The minimum Gasteiger partial charge on any atom is -0.303 e. The molecule has 2 aromatic rings. The Labute approximate surface area is 137 Å². The van der Waals surface area contributed by atoms with Gasteiger partial charge in [0.2, 0.25) is 0 Å². The van der Waals surface area contributed by atoms with Crippen molar-refractivity contribution in [3.05, 3.63) is 68.0 Å². The van der Waals surface area contributed by atoms with Crippen molar-refractivity contribution in [1.82, 2.24) is 9.13 Å². The second-order valence-electron chi connectivity index (χ2n) is 5.53. The number of carbonyl (C=O) groups is 1. The molecule has 0 spiro atoms. The molecular formula is C17H16N2O3S. The zero-order valence-corrected chi connectivity index (χ0v) is 13.9. The molecule has 2 heterocycles. The summed E-state index contributed by atoms with van der Waals surface area (Å²) in [7, 11) is 3.02. The number of ketones is 1. The van der Waals surface area contributed by atoms with Crippen LogP contribution in [0.2, 0.25) is 0 Å². The molecule has 1 aliphatic rings. The first-order chi connectivity index (χ1) is 10.9. The van der Waals surface area contributed by atoms with Crippen molar-refractivity contribution in [3.63, 3.8) is 0 Å². The van der Waals surface area contributed by atoms with Crippen LogP contribution in [0, 0.1) is 0 Å². The topological polar surface area (TPSA) is 61.1 Å². The molecule has 1 aliphatic heterocycles. The molecule has 118 valence electrons. The van der Waals surface area contributed by atoms with Gasteiger partial charge in [0, 0.05) is 41.6 Å². The zero-order chi connectivity index (χ0) is 16.7. The van der Waals surface area contributed by atoms with E-state index in [2.05, 4.69) is 0 Å². The van der Waals surface area contributed by atoms with Gasteiger partial charge in [-0.1, -0.05) is 12.1 Å². The normalized spacial score (nSPS) is 19.0. The van der Waals surface area contributed by atoms with Crippen molar-refractivity contribution < 1.29 is 4.79 Å². The SMILES string of the molecule is C[C@@H]1Sc2ccccc2C(=O)/C1=C\c1cn(C)c(=O)n(C)c1=O. The van der Waals surface area contributed by atoms with Crippen LogP contribution in [0.4, 0.5) is 0 Å². The number of carbonyl (C=O) groups excluding carboxylic acids is 1. The Morgan fingerprint density at radius 1 is 1.13 bits per heavy atom. The summed E-state index contributed by atoms with van der Waals surface area (Å²) < 4.78 is 2.39. The molecular weight excluding hydrogens is 312 g/mol. The van der Waals surface area contributed by atoms with Gasteiger partial charge in [-0.05, 0) is 25.1 Å². The Balaban J connectivity index is 2.16. The van der Waals surface area contributed by atoms with Crippen LogP contribution in [0.5, 0.6) is 0 Å². The average molecular weight is 328 g/mol. The van der Waals surface area contributed by atoms with Crippen molar-refractivity contribution in [2.45, 2.75) is 17.1 Å². The molecule has 1 aromatic carbocycles. The average Bonchev–Trinajstić information content (AvgIpc) is 2.54. The summed E-state index contributed by atoms with van der Waals surface area (Å²) in [6.45, 7) is 1.94. The number of fused-ring (bicyclic) bond motifs is 1. The summed E-state index contributed by atoms with van der Waals surface area (Å²) in [5, 5.41) is -0.0562. The molecule has 1 aromatic heterocycles. The Hall–Kier alpha value is -2.34. The van der Waals surface area contributed by atoms with Gasteiger partial charge in [0.1, 0.15) is 0 Å². The molecule has 23 heavy (non-hydrogen) atoms. The highest BCUT2D eigenvalue weighted by atomic mass is 32.2. The van der Waals surface area contributed by atoms with Gasteiger partial charge in [-0.15, -0.1) is 11.8 Å². The first-order valence-electron chi connectivity index (χ1n) is 7.19. The molecule has 0 N–H and O–H groups in total. The van der Waals surface area contributed by atoms with Crippen LogP contribution in [0.1, 0.15) is 22.8 Å². The molecule has 0 fully saturated rings. The zero-order valence-electron chi connectivity index (χ0n) is 13.1. The van der Waals surface area contributed by atoms with E-state index in [0.717, 1.165) is 9.46 Å². The van der Waals surface area contributed by atoms with E-state index in [1.807, 2.05) is 25.1 Å². The first-order valence-corrected chi connectivity index (χ1v) is 8.06. The summed E-state index contributed by atoms with van der Waals surface area (Å²) in [6.07, 6.45) is 3.08. The molecule has 1 atom stereocenters. The largest absolute Gasteiger partial charge is 0.330 e. The van der Waals surface area contributed by atoms with Gasteiger partial charge in [-0.3, -0.25) is 14.2 Å². The van der Waals surface area contributed by atoms with Crippen LogP contribution in [0.25, 0.3) is 6.08 Å². The lowest BCUT2D eigenvalue weighted by atomic mass is 9.98. The molecule has 3 rings (SSSR count). The van der Waals surface area contributed by atoms with E-state index < -0.39 is 5.56 Å². The standard InChI is InChI=1S/C17H16N2O3S/c1-10-13(15(20)12-6-4-5-7-14(12)23-10)8-11-9-18(2)17(22)19(3)16(11)21/h4-10H,1-3H3/b13-8-/t10-/m0/s1. The number of benzene rings is 1. The highest BCUT2D eigenvalue weighted by Gasteiger charge is 2.28. The molecule has 0 aliphatic carbocycles. The summed E-state index contributed by atoms with van der Waals surface area (Å²) >= 11 is 1.59. The lowest BCUT2D eigenvalue weighted by molar-refractivity contribution is 0.102. The van der Waals surface area contributed by atoms with Gasteiger partial charge in [0.25, 0.3) is 5.56 Å². The van der Waals surface area contributed by atoms with E-state index in [0.29, 0.717) is 16.7 Å². The number of aromatic nitrogens is 2. The maximum absolute atomic E-state index is 12.7. The van der Waals surface area contributed by atoms with Crippen molar-refractivity contribution in [1.29, 1.82) is 0 Å². The summed E-state index contributed by atoms with van der Waals surface area (Å²) in [5.74, 6) is -0.0669. The molecule has 0 radical (unpaired) electrons. The number of nitrogens with zero attached hydrogens (tertiary/aromatic N) is 2. The molecule has 0 bridgehead atoms. The van der Waals surface area contributed by atoms with Crippen LogP contribution in [0.15, 0.2) is 50.5 Å². The summed E-state index contributed by atoms with van der Waals surface area (Å²) in [6, 6.07) is 7.46. The predicted octanol–water partition coefficient (Wildman–Crippen LogP) is 1.84. The van der Waals surface area contributed by atoms with Gasteiger partial charge >= 0.3 is 5.69 Å². The lowest BCUT2D eigenvalue weighted by Crippen LogP contribution is -2.37. The molecule has 0 unspecified atom stereocenters. The number of hydrogen-bond donors (Lipinski definition) is 0. The third kappa shape index (κ3) is 2.59. The Morgan fingerprint density at radius 3 is 2.57 bits per heavy atom. The number of hydrogen-bond acceptors (Lipinski definition) is 4. The number of rotatable bonds is 1. The highest BCUT2D eigenvalue weighted by Crippen LogP contribution is 2.38. The fraction of sp³-hybridized carbons (Fsp3) is 0.235. The van der Waals surface area contributed by atoms with E-state index in [1.165, 1.54) is 17.8 Å². The van der Waals surface area contributed by atoms with Gasteiger partial charge in [-0.25, -0.2) is 4.79 Å². The van der Waals surface area contributed by atoms with Crippen molar-refractivity contribution >= 4 is 23.6 Å². The van der Waals surface area contributed by atoms with Gasteiger partial charge in [-0.2, -0.15) is 0 Å².